The fraction of sp³-hybridized carbons (Fsp3) is 0.125. The molecule has 0 bridgehead atoms. The molecule has 0 atom stereocenters. The van der Waals surface area contributed by atoms with Crippen LogP contribution < -0.4 is 9.47 Å². The predicted molar refractivity (Wildman–Crippen MR) is 78.0 cm³/mol. The molecule has 0 saturated carbocycles. The minimum Gasteiger partial charge on any atom is -0.497 e. The maximum atomic E-state index is 8.74. The van der Waals surface area contributed by atoms with Crippen molar-refractivity contribution in [3.05, 3.63) is 53.6 Å². The highest BCUT2D eigenvalue weighted by Gasteiger charge is 2.00. The third kappa shape index (κ3) is 3.36. The molecule has 0 amide bonds. The van der Waals surface area contributed by atoms with Crippen LogP contribution in [-0.2, 0) is 0 Å². The second kappa shape index (κ2) is 6.39. The summed E-state index contributed by atoms with van der Waals surface area (Å²) in [5, 5.41) is 8.74. The van der Waals surface area contributed by atoms with Gasteiger partial charge in [-0.3, -0.25) is 4.99 Å². The lowest BCUT2D eigenvalue weighted by molar-refractivity contribution is 0.394. The van der Waals surface area contributed by atoms with Crippen LogP contribution in [0.25, 0.3) is 0 Å². The van der Waals surface area contributed by atoms with E-state index >= 15 is 0 Å². The number of ether oxygens (including phenoxy) is 2. The monoisotopic (exact) mass is 266 g/mol. The van der Waals surface area contributed by atoms with Gasteiger partial charge in [0.25, 0.3) is 0 Å². The summed E-state index contributed by atoms with van der Waals surface area (Å²) in [6.07, 6.45) is 1.73. The molecule has 0 fully saturated rings. The van der Waals surface area contributed by atoms with Crippen molar-refractivity contribution in [2.75, 3.05) is 14.2 Å². The average Bonchev–Trinajstić information content (AvgIpc) is 2.53. The van der Waals surface area contributed by atoms with Gasteiger partial charge in [0.15, 0.2) is 0 Å². The molecule has 0 N–H and O–H groups in total. The Bertz CT molecular complexity index is 633. The Morgan fingerprint density at radius 2 is 1.60 bits per heavy atom. The van der Waals surface area contributed by atoms with Crippen molar-refractivity contribution >= 4 is 11.9 Å². The molecule has 0 radical (unpaired) electrons. The second-order valence-corrected chi connectivity index (χ2v) is 4.06. The summed E-state index contributed by atoms with van der Waals surface area (Å²) < 4.78 is 10.4. The Balaban J connectivity index is 2.23. The van der Waals surface area contributed by atoms with Gasteiger partial charge in [-0.1, -0.05) is 12.1 Å². The molecular formula is C16H14N2O2. The Morgan fingerprint density at radius 1 is 1.00 bits per heavy atom. The smallest absolute Gasteiger partial charge is 0.124 e. The van der Waals surface area contributed by atoms with Crippen LogP contribution in [0.2, 0.25) is 0 Å². The summed E-state index contributed by atoms with van der Waals surface area (Å²) >= 11 is 0. The van der Waals surface area contributed by atoms with Crippen molar-refractivity contribution < 1.29 is 9.47 Å². The third-order valence-corrected chi connectivity index (χ3v) is 2.74. The van der Waals surface area contributed by atoms with Gasteiger partial charge < -0.3 is 9.47 Å². The van der Waals surface area contributed by atoms with Gasteiger partial charge in [-0.25, -0.2) is 0 Å². The number of hydrogen-bond acceptors (Lipinski definition) is 4. The van der Waals surface area contributed by atoms with E-state index in [1.807, 2.05) is 24.3 Å². The van der Waals surface area contributed by atoms with E-state index in [0.29, 0.717) is 17.1 Å². The minimum atomic E-state index is 0.630. The zero-order valence-corrected chi connectivity index (χ0v) is 11.3. The van der Waals surface area contributed by atoms with Gasteiger partial charge >= 0.3 is 0 Å². The lowest BCUT2D eigenvalue weighted by Gasteiger charge is -2.05. The number of methoxy groups -OCH3 is 2. The van der Waals surface area contributed by atoms with Gasteiger partial charge in [-0.15, -0.1) is 0 Å². The van der Waals surface area contributed by atoms with E-state index in [2.05, 4.69) is 11.1 Å². The minimum absolute atomic E-state index is 0.630. The van der Waals surface area contributed by atoms with Crippen LogP contribution in [0.15, 0.2) is 47.5 Å². The first-order valence-corrected chi connectivity index (χ1v) is 6.02. The Morgan fingerprint density at radius 3 is 2.10 bits per heavy atom. The molecule has 4 heteroatoms. The molecule has 0 heterocycles. The summed E-state index contributed by atoms with van der Waals surface area (Å²) in [5.74, 6) is 1.38. The highest BCUT2D eigenvalue weighted by molar-refractivity contribution is 5.82. The molecule has 0 spiro atoms. The van der Waals surface area contributed by atoms with E-state index in [-0.39, 0.29) is 0 Å². The molecule has 0 aliphatic carbocycles. The van der Waals surface area contributed by atoms with Crippen LogP contribution in [0.4, 0.5) is 5.69 Å². The van der Waals surface area contributed by atoms with Crippen LogP contribution in [-0.4, -0.2) is 20.4 Å². The zero-order chi connectivity index (χ0) is 14.4. The lowest BCUT2D eigenvalue weighted by Crippen LogP contribution is -1.87. The van der Waals surface area contributed by atoms with Crippen LogP contribution >= 0.6 is 0 Å². The predicted octanol–water partition coefficient (Wildman–Crippen LogP) is 3.33. The average molecular weight is 266 g/mol. The van der Waals surface area contributed by atoms with E-state index in [4.69, 9.17) is 14.7 Å². The van der Waals surface area contributed by atoms with Gasteiger partial charge in [0.2, 0.25) is 0 Å². The summed E-state index contributed by atoms with van der Waals surface area (Å²) in [5.41, 5.74) is 2.29. The molecule has 0 aliphatic rings. The number of hydrogen-bond donors (Lipinski definition) is 0. The lowest BCUT2D eigenvalue weighted by atomic mass is 10.2. The molecule has 0 saturated heterocycles. The van der Waals surface area contributed by atoms with Gasteiger partial charge in [-0.05, 0) is 17.7 Å². The number of nitriles is 1. The second-order valence-electron chi connectivity index (χ2n) is 4.06. The Kier molecular flexibility index (Phi) is 4.35. The summed E-state index contributed by atoms with van der Waals surface area (Å²) in [7, 11) is 3.20. The molecule has 4 nitrogen and oxygen atoms in total. The van der Waals surface area contributed by atoms with E-state index in [9.17, 15) is 0 Å². The van der Waals surface area contributed by atoms with Crippen LogP contribution in [0.3, 0.4) is 0 Å². The summed E-state index contributed by atoms with van der Waals surface area (Å²) in [6.45, 7) is 0. The highest BCUT2D eigenvalue weighted by atomic mass is 16.5. The number of rotatable bonds is 4. The molecule has 0 unspecified atom stereocenters. The fourth-order valence-electron chi connectivity index (χ4n) is 1.66. The summed E-state index contributed by atoms with van der Waals surface area (Å²) in [4.78, 5) is 4.38. The number of benzene rings is 2. The van der Waals surface area contributed by atoms with Crippen LogP contribution in [0.1, 0.15) is 11.1 Å². The Hall–Kier alpha value is -2.80. The van der Waals surface area contributed by atoms with Gasteiger partial charge in [0, 0.05) is 24.4 Å². The number of aliphatic imine (C=N–C) groups is 1. The van der Waals surface area contributed by atoms with Crippen molar-refractivity contribution in [2.24, 2.45) is 4.99 Å². The first kappa shape index (κ1) is 13.6. The van der Waals surface area contributed by atoms with Gasteiger partial charge in [-0.2, -0.15) is 5.26 Å². The normalized spacial score (nSPS) is 10.2. The topological polar surface area (TPSA) is 54.6 Å². The van der Waals surface area contributed by atoms with Gasteiger partial charge in [0.05, 0.1) is 31.5 Å². The van der Waals surface area contributed by atoms with E-state index in [1.54, 1.807) is 38.6 Å². The first-order valence-electron chi connectivity index (χ1n) is 6.02. The van der Waals surface area contributed by atoms with Crippen molar-refractivity contribution in [3.8, 4) is 17.6 Å². The van der Waals surface area contributed by atoms with Crippen molar-refractivity contribution in [1.29, 1.82) is 5.26 Å². The molecular weight excluding hydrogens is 252 g/mol. The van der Waals surface area contributed by atoms with Crippen molar-refractivity contribution in [1.82, 2.24) is 0 Å². The van der Waals surface area contributed by atoms with Gasteiger partial charge in [0.1, 0.15) is 11.5 Å². The van der Waals surface area contributed by atoms with E-state index < -0.39 is 0 Å². The fourth-order valence-corrected chi connectivity index (χ4v) is 1.66. The first-order chi connectivity index (χ1) is 9.75. The largest absolute Gasteiger partial charge is 0.497 e. The highest BCUT2D eigenvalue weighted by Crippen LogP contribution is 2.27. The van der Waals surface area contributed by atoms with Crippen molar-refractivity contribution in [2.45, 2.75) is 0 Å². The molecule has 0 aromatic heterocycles. The van der Waals surface area contributed by atoms with E-state index in [1.165, 1.54) is 0 Å². The molecule has 2 aromatic carbocycles. The van der Waals surface area contributed by atoms with Crippen molar-refractivity contribution in [3.63, 3.8) is 0 Å². The molecule has 100 valence electrons. The molecule has 0 aliphatic heterocycles. The van der Waals surface area contributed by atoms with E-state index in [0.717, 1.165) is 11.3 Å². The third-order valence-electron chi connectivity index (χ3n) is 2.74. The number of nitrogens with zero attached hydrogens (tertiary/aromatic N) is 2. The van der Waals surface area contributed by atoms with Crippen LogP contribution in [0, 0.1) is 11.3 Å². The maximum Gasteiger partial charge on any atom is 0.124 e. The standard InChI is InChI=1S/C16H14N2O2/c1-19-15-7-14(8-16(9-15)20-2)18-11-13-5-3-12(10-17)4-6-13/h3-9,11H,1-2H3. The molecule has 2 rings (SSSR count). The molecule has 20 heavy (non-hydrogen) atoms. The Labute approximate surface area is 117 Å². The SMILES string of the molecule is COc1cc(N=Cc2ccc(C#N)cc2)cc(OC)c1. The maximum absolute atomic E-state index is 8.74. The molecule has 2 aromatic rings. The quantitative estimate of drug-likeness (QED) is 0.797. The zero-order valence-electron chi connectivity index (χ0n) is 11.3. The summed E-state index contributed by atoms with van der Waals surface area (Å²) in [6, 6.07) is 14.7. The van der Waals surface area contributed by atoms with Crippen LogP contribution in [0.5, 0.6) is 11.5 Å².